The van der Waals surface area contributed by atoms with E-state index in [0.29, 0.717) is 11.1 Å². The monoisotopic (exact) mass is 444 g/mol. The zero-order chi connectivity index (χ0) is 23.5. The fraction of sp³-hybridized carbons (Fsp3) is 0.321. The summed E-state index contributed by atoms with van der Waals surface area (Å²) in [6, 6.07) is 13.6. The van der Waals surface area contributed by atoms with Crippen molar-refractivity contribution in [3.63, 3.8) is 0 Å². The van der Waals surface area contributed by atoms with E-state index < -0.39 is 5.97 Å². The van der Waals surface area contributed by atoms with Crippen LogP contribution in [0.5, 0.6) is 5.75 Å². The Kier molecular flexibility index (Phi) is 6.70. The van der Waals surface area contributed by atoms with Crippen molar-refractivity contribution in [2.75, 3.05) is 31.1 Å². The van der Waals surface area contributed by atoms with E-state index in [1.54, 1.807) is 12.1 Å². The molecule has 1 aliphatic carbocycles. The summed E-state index contributed by atoms with van der Waals surface area (Å²) in [5.74, 6) is 0.616. The molecule has 172 valence electrons. The number of rotatable bonds is 8. The molecule has 1 N–H and O–H groups in total. The van der Waals surface area contributed by atoms with E-state index in [1.165, 1.54) is 0 Å². The quantitative estimate of drug-likeness (QED) is 0.575. The third kappa shape index (κ3) is 4.21. The van der Waals surface area contributed by atoms with E-state index >= 15 is 0 Å². The van der Waals surface area contributed by atoms with Crippen LogP contribution in [0.4, 0.5) is 5.69 Å². The van der Waals surface area contributed by atoms with Gasteiger partial charge in [0.2, 0.25) is 0 Å². The first-order valence-corrected chi connectivity index (χ1v) is 11.8. The predicted octanol–water partition coefficient (Wildman–Crippen LogP) is 5.59. The number of carboxylic acid groups (broad SMARTS) is 1. The molecule has 2 aliphatic rings. The molecule has 0 fully saturated rings. The number of fused-ring (bicyclic) bond motifs is 2. The highest BCUT2D eigenvalue weighted by molar-refractivity contribution is 6.00. The Morgan fingerprint density at radius 2 is 1.70 bits per heavy atom. The van der Waals surface area contributed by atoms with Crippen molar-refractivity contribution >= 4 is 17.2 Å². The van der Waals surface area contributed by atoms with Crippen LogP contribution in [0.25, 0.3) is 5.57 Å². The number of ether oxygens (including phenoxy) is 1. The van der Waals surface area contributed by atoms with E-state index in [2.05, 4.69) is 73.9 Å². The van der Waals surface area contributed by atoms with Crippen molar-refractivity contribution < 1.29 is 14.6 Å². The number of benzene rings is 2. The third-order valence-electron chi connectivity index (χ3n) is 6.56. The van der Waals surface area contributed by atoms with Crippen LogP contribution in [0, 0.1) is 0 Å². The summed E-state index contributed by atoms with van der Waals surface area (Å²) in [4.78, 5) is 16.7. The number of allylic oxidation sites excluding steroid dienone is 1. The molecule has 5 heteroatoms. The number of carbonyl (C=O) groups is 1. The van der Waals surface area contributed by atoms with Gasteiger partial charge in [0.15, 0.2) is 0 Å². The van der Waals surface area contributed by atoms with Gasteiger partial charge in [-0.15, -0.1) is 0 Å². The maximum absolute atomic E-state index is 12.1. The molecule has 5 nitrogen and oxygen atoms in total. The molecular weight excluding hydrogens is 412 g/mol. The summed E-state index contributed by atoms with van der Waals surface area (Å²) in [6.07, 6.45) is 6.42. The summed E-state index contributed by atoms with van der Waals surface area (Å²) in [7, 11) is 0. The number of aromatic carboxylic acids is 1. The first kappa shape index (κ1) is 22.9. The lowest BCUT2D eigenvalue weighted by molar-refractivity contribution is 0.0696. The summed E-state index contributed by atoms with van der Waals surface area (Å²) in [5, 5.41) is 9.90. The molecule has 0 bridgehead atoms. The van der Waals surface area contributed by atoms with E-state index in [1.807, 2.05) is 12.1 Å². The first-order chi connectivity index (χ1) is 16.0. The summed E-state index contributed by atoms with van der Waals surface area (Å²) >= 11 is 0. The second kappa shape index (κ2) is 9.67. The second-order valence-corrected chi connectivity index (χ2v) is 8.20. The maximum Gasteiger partial charge on any atom is 0.336 e. The maximum atomic E-state index is 12.1. The van der Waals surface area contributed by atoms with Crippen LogP contribution in [-0.2, 0) is 0 Å². The highest BCUT2D eigenvalue weighted by Gasteiger charge is 2.30. The molecule has 0 amide bonds. The van der Waals surface area contributed by atoms with Gasteiger partial charge in [0.1, 0.15) is 11.5 Å². The van der Waals surface area contributed by atoms with Gasteiger partial charge >= 0.3 is 5.97 Å². The van der Waals surface area contributed by atoms with Crippen molar-refractivity contribution in [3.05, 3.63) is 88.7 Å². The van der Waals surface area contributed by atoms with Crippen molar-refractivity contribution in [1.82, 2.24) is 4.90 Å². The Balaban J connectivity index is 1.94. The lowest BCUT2D eigenvalue weighted by Crippen LogP contribution is -2.34. The van der Waals surface area contributed by atoms with E-state index in [9.17, 15) is 9.90 Å². The van der Waals surface area contributed by atoms with E-state index in [-0.39, 0.29) is 6.04 Å². The van der Waals surface area contributed by atoms with Gasteiger partial charge in [-0.2, -0.15) is 0 Å². The van der Waals surface area contributed by atoms with Gasteiger partial charge in [-0.1, -0.05) is 44.2 Å². The number of carboxylic acids is 1. The number of hydrogen-bond acceptors (Lipinski definition) is 4. The number of likely N-dealkylation sites (N-methyl/N-ethyl adjacent to an activating group) is 1. The zero-order valence-corrected chi connectivity index (χ0v) is 19.8. The molecule has 2 aromatic rings. The molecule has 1 unspecified atom stereocenters. The zero-order valence-electron chi connectivity index (χ0n) is 19.8. The van der Waals surface area contributed by atoms with Crippen molar-refractivity contribution in [3.8, 4) is 5.75 Å². The molecule has 2 aromatic carbocycles. The average Bonchev–Trinajstić information content (AvgIpc) is 2.84. The molecule has 1 atom stereocenters. The SMILES string of the molecule is CCN(CC)c1ccc2c(c1)OC1=CC(N(CC)CC)C=CC1=C2c1ccccc1C(=O)O. The van der Waals surface area contributed by atoms with Crippen molar-refractivity contribution in [1.29, 1.82) is 0 Å². The van der Waals surface area contributed by atoms with Gasteiger partial charge in [-0.25, -0.2) is 4.79 Å². The van der Waals surface area contributed by atoms with Gasteiger partial charge in [-0.05, 0) is 56.8 Å². The van der Waals surface area contributed by atoms with Crippen LogP contribution >= 0.6 is 0 Å². The lowest BCUT2D eigenvalue weighted by Gasteiger charge is -2.33. The minimum absolute atomic E-state index is 0.141. The molecule has 33 heavy (non-hydrogen) atoms. The Labute approximate surface area is 196 Å². The van der Waals surface area contributed by atoms with Crippen LogP contribution in [-0.4, -0.2) is 48.2 Å². The Morgan fingerprint density at radius 3 is 2.36 bits per heavy atom. The molecule has 1 aliphatic heterocycles. The van der Waals surface area contributed by atoms with Crippen molar-refractivity contribution in [2.24, 2.45) is 0 Å². The second-order valence-electron chi connectivity index (χ2n) is 8.20. The summed E-state index contributed by atoms with van der Waals surface area (Å²) < 4.78 is 6.49. The van der Waals surface area contributed by atoms with E-state index in [0.717, 1.165) is 60.1 Å². The standard InChI is InChI=1S/C28H32N2O3/c1-5-29(6-2)19-13-15-23-25(17-19)33-26-18-20(30(7-3)8-4)14-16-24(26)27(23)21-11-9-10-12-22(21)28(31)32/h9-19H,5-8H2,1-4H3,(H,31,32). The molecule has 0 aromatic heterocycles. The predicted molar refractivity (Wildman–Crippen MR) is 134 cm³/mol. The first-order valence-electron chi connectivity index (χ1n) is 11.8. The van der Waals surface area contributed by atoms with Crippen molar-refractivity contribution in [2.45, 2.75) is 33.7 Å². The van der Waals surface area contributed by atoms with Crippen LogP contribution in [0.1, 0.15) is 49.2 Å². The lowest BCUT2D eigenvalue weighted by atomic mass is 9.85. The van der Waals surface area contributed by atoms with Gasteiger partial charge in [0.05, 0.1) is 11.6 Å². The van der Waals surface area contributed by atoms with Gasteiger partial charge < -0.3 is 14.7 Å². The highest BCUT2D eigenvalue weighted by atomic mass is 16.5. The van der Waals surface area contributed by atoms with Crippen LogP contribution in [0.15, 0.2) is 72.0 Å². The normalized spacial score (nSPS) is 16.8. The third-order valence-corrected chi connectivity index (χ3v) is 6.56. The molecule has 0 radical (unpaired) electrons. The Morgan fingerprint density at radius 1 is 0.970 bits per heavy atom. The number of hydrogen-bond donors (Lipinski definition) is 1. The largest absolute Gasteiger partial charge is 0.478 e. The molecule has 0 saturated carbocycles. The number of nitrogens with zero attached hydrogens (tertiary/aromatic N) is 2. The summed E-state index contributed by atoms with van der Waals surface area (Å²) in [5.41, 5.74) is 4.84. The fourth-order valence-corrected chi connectivity index (χ4v) is 4.77. The number of anilines is 1. The molecule has 1 heterocycles. The molecule has 4 rings (SSSR count). The highest BCUT2D eigenvalue weighted by Crippen LogP contribution is 2.45. The Hall–Kier alpha value is -3.31. The van der Waals surface area contributed by atoms with Gasteiger partial charge in [-0.3, -0.25) is 4.90 Å². The minimum Gasteiger partial charge on any atom is -0.478 e. The topological polar surface area (TPSA) is 53.0 Å². The molecule has 0 spiro atoms. The molecular formula is C28H32N2O3. The Bertz CT molecular complexity index is 1140. The van der Waals surface area contributed by atoms with Crippen LogP contribution in [0.2, 0.25) is 0 Å². The van der Waals surface area contributed by atoms with E-state index in [4.69, 9.17) is 4.74 Å². The summed E-state index contributed by atoms with van der Waals surface area (Å²) in [6.45, 7) is 12.3. The fourth-order valence-electron chi connectivity index (χ4n) is 4.77. The minimum atomic E-state index is -0.933. The smallest absolute Gasteiger partial charge is 0.336 e. The molecule has 0 saturated heterocycles. The van der Waals surface area contributed by atoms with Crippen LogP contribution in [0.3, 0.4) is 0 Å². The van der Waals surface area contributed by atoms with Crippen LogP contribution < -0.4 is 9.64 Å². The van der Waals surface area contributed by atoms with Gasteiger partial charge in [0.25, 0.3) is 0 Å². The van der Waals surface area contributed by atoms with Gasteiger partial charge in [0, 0.05) is 41.6 Å². The average molecular weight is 445 g/mol.